The number of ether oxygens (including phenoxy) is 1. The van der Waals surface area contributed by atoms with Crippen LogP contribution in [0.3, 0.4) is 0 Å². The fraction of sp³-hybridized carbons (Fsp3) is 0.308. The van der Waals surface area contributed by atoms with Gasteiger partial charge < -0.3 is 4.74 Å². The Morgan fingerprint density at radius 2 is 2.32 bits per heavy atom. The molecule has 0 spiro atoms. The van der Waals surface area contributed by atoms with E-state index in [1.165, 1.54) is 37.5 Å². The number of carbonyl (C=O) groups excluding carboxylic acids is 1. The van der Waals surface area contributed by atoms with Crippen LogP contribution in [0.4, 0.5) is 5.13 Å². The second-order valence-corrected chi connectivity index (χ2v) is 5.25. The number of amides is 1. The van der Waals surface area contributed by atoms with Gasteiger partial charge in [0.25, 0.3) is 5.91 Å². The average Bonchev–Trinajstić information content (AvgIpc) is 3.20. The second kappa shape index (κ2) is 4.97. The molecule has 1 aliphatic carbocycles. The Balaban J connectivity index is 1.68. The SMILES string of the molecule is COc1ccc(C(=O)Nc2nc(C3CC3)cs2)cn1. The lowest BCUT2D eigenvalue weighted by atomic mass is 10.3. The summed E-state index contributed by atoms with van der Waals surface area (Å²) in [5.74, 6) is 0.887. The predicted molar refractivity (Wildman–Crippen MR) is 72.8 cm³/mol. The Kier molecular flexibility index (Phi) is 3.16. The van der Waals surface area contributed by atoms with Gasteiger partial charge in [0.2, 0.25) is 5.88 Å². The molecule has 2 aromatic rings. The number of methoxy groups -OCH3 is 1. The molecule has 1 saturated carbocycles. The van der Waals surface area contributed by atoms with Crippen LogP contribution in [0.15, 0.2) is 23.7 Å². The molecule has 6 heteroatoms. The molecule has 0 saturated heterocycles. The zero-order valence-corrected chi connectivity index (χ0v) is 11.2. The number of anilines is 1. The maximum atomic E-state index is 12.0. The summed E-state index contributed by atoms with van der Waals surface area (Å²) in [6, 6.07) is 3.34. The summed E-state index contributed by atoms with van der Waals surface area (Å²) in [4.78, 5) is 20.4. The van der Waals surface area contributed by atoms with Crippen molar-refractivity contribution in [2.24, 2.45) is 0 Å². The summed E-state index contributed by atoms with van der Waals surface area (Å²) in [5, 5.41) is 5.44. The van der Waals surface area contributed by atoms with Gasteiger partial charge in [0, 0.05) is 23.6 Å². The van der Waals surface area contributed by atoms with E-state index in [9.17, 15) is 4.79 Å². The summed E-state index contributed by atoms with van der Waals surface area (Å²) in [6.45, 7) is 0. The standard InChI is InChI=1S/C13H13N3O2S/c1-18-11-5-4-9(6-14-11)12(17)16-13-15-10(7-19-13)8-2-3-8/h4-8H,2-3H2,1H3,(H,15,16,17). The van der Waals surface area contributed by atoms with Gasteiger partial charge in [-0.25, -0.2) is 9.97 Å². The van der Waals surface area contributed by atoms with Crippen molar-refractivity contribution in [3.8, 4) is 5.88 Å². The van der Waals surface area contributed by atoms with Gasteiger partial charge in [0.15, 0.2) is 5.13 Å². The predicted octanol–water partition coefficient (Wildman–Crippen LogP) is 2.68. The molecule has 0 unspecified atom stereocenters. The molecule has 0 radical (unpaired) electrons. The molecular formula is C13H13N3O2S. The number of nitrogens with zero attached hydrogens (tertiary/aromatic N) is 2. The van der Waals surface area contributed by atoms with Gasteiger partial charge in [-0.15, -0.1) is 11.3 Å². The van der Waals surface area contributed by atoms with E-state index < -0.39 is 0 Å². The van der Waals surface area contributed by atoms with Crippen LogP contribution < -0.4 is 10.1 Å². The summed E-state index contributed by atoms with van der Waals surface area (Å²) < 4.78 is 4.95. The number of pyridine rings is 1. The highest BCUT2D eigenvalue weighted by Crippen LogP contribution is 2.40. The van der Waals surface area contributed by atoms with Gasteiger partial charge in [0.05, 0.1) is 18.4 Å². The van der Waals surface area contributed by atoms with Gasteiger partial charge >= 0.3 is 0 Å². The van der Waals surface area contributed by atoms with Crippen molar-refractivity contribution < 1.29 is 9.53 Å². The van der Waals surface area contributed by atoms with Crippen LogP contribution in [-0.2, 0) is 0 Å². The van der Waals surface area contributed by atoms with Crippen LogP contribution in [0.2, 0.25) is 0 Å². The van der Waals surface area contributed by atoms with Crippen molar-refractivity contribution in [2.45, 2.75) is 18.8 Å². The zero-order chi connectivity index (χ0) is 13.2. The highest BCUT2D eigenvalue weighted by atomic mass is 32.1. The molecule has 5 nitrogen and oxygen atoms in total. The molecule has 1 aliphatic rings. The summed E-state index contributed by atoms with van der Waals surface area (Å²) >= 11 is 1.46. The average molecular weight is 275 g/mol. The number of carbonyl (C=O) groups is 1. The van der Waals surface area contributed by atoms with Crippen LogP contribution in [-0.4, -0.2) is 23.0 Å². The molecule has 0 bridgehead atoms. The van der Waals surface area contributed by atoms with Crippen LogP contribution >= 0.6 is 11.3 Å². The first-order valence-corrected chi connectivity index (χ1v) is 6.91. The molecular weight excluding hydrogens is 262 g/mol. The monoisotopic (exact) mass is 275 g/mol. The molecule has 19 heavy (non-hydrogen) atoms. The van der Waals surface area contributed by atoms with Crippen LogP contribution in [0.1, 0.15) is 34.8 Å². The van der Waals surface area contributed by atoms with E-state index in [1.807, 2.05) is 5.38 Å². The smallest absolute Gasteiger partial charge is 0.259 e. The molecule has 2 aromatic heterocycles. The first-order valence-electron chi connectivity index (χ1n) is 6.03. The Hall–Kier alpha value is -1.95. The van der Waals surface area contributed by atoms with E-state index in [4.69, 9.17) is 4.74 Å². The number of rotatable bonds is 4. The number of hydrogen-bond donors (Lipinski definition) is 1. The Morgan fingerprint density at radius 3 is 2.95 bits per heavy atom. The third-order valence-corrected chi connectivity index (χ3v) is 3.72. The zero-order valence-electron chi connectivity index (χ0n) is 10.4. The lowest BCUT2D eigenvalue weighted by Crippen LogP contribution is -2.12. The minimum absolute atomic E-state index is 0.202. The van der Waals surface area contributed by atoms with Crippen LogP contribution in [0, 0.1) is 0 Å². The number of thiazole rings is 1. The van der Waals surface area contributed by atoms with Crippen LogP contribution in [0.25, 0.3) is 0 Å². The fourth-order valence-corrected chi connectivity index (χ4v) is 2.50. The van der Waals surface area contributed by atoms with Gasteiger partial charge in [0.1, 0.15) is 0 Å². The normalized spacial score (nSPS) is 14.2. The first-order chi connectivity index (χ1) is 9.26. The van der Waals surface area contributed by atoms with Crippen molar-refractivity contribution in [2.75, 3.05) is 12.4 Å². The Bertz CT molecular complexity index is 590. The maximum absolute atomic E-state index is 12.0. The third-order valence-electron chi connectivity index (χ3n) is 2.95. The number of hydrogen-bond acceptors (Lipinski definition) is 5. The fourth-order valence-electron chi connectivity index (χ4n) is 1.71. The summed E-state index contributed by atoms with van der Waals surface area (Å²) in [6.07, 6.45) is 3.91. The molecule has 0 aliphatic heterocycles. The lowest BCUT2D eigenvalue weighted by Gasteiger charge is -2.02. The molecule has 0 aromatic carbocycles. The number of nitrogens with one attached hydrogen (secondary N) is 1. The van der Waals surface area contributed by atoms with Gasteiger partial charge in [-0.2, -0.15) is 0 Å². The van der Waals surface area contributed by atoms with E-state index in [-0.39, 0.29) is 5.91 Å². The van der Waals surface area contributed by atoms with Crippen molar-refractivity contribution >= 4 is 22.4 Å². The van der Waals surface area contributed by atoms with Crippen molar-refractivity contribution in [3.63, 3.8) is 0 Å². The highest BCUT2D eigenvalue weighted by molar-refractivity contribution is 7.14. The molecule has 3 rings (SSSR count). The van der Waals surface area contributed by atoms with Gasteiger partial charge in [-0.3, -0.25) is 10.1 Å². The molecule has 1 fully saturated rings. The lowest BCUT2D eigenvalue weighted by molar-refractivity contribution is 0.102. The molecule has 1 amide bonds. The highest BCUT2D eigenvalue weighted by Gasteiger charge is 2.26. The van der Waals surface area contributed by atoms with E-state index >= 15 is 0 Å². The van der Waals surface area contributed by atoms with E-state index in [0.29, 0.717) is 22.5 Å². The first kappa shape index (κ1) is 12.1. The molecule has 98 valence electrons. The van der Waals surface area contributed by atoms with Crippen LogP contribution in [0.5, 0.6) is 5.88 Å². The quantitative estimate of drug-likeness (QED) is 0.931. The molecule has 2 heterocycles. The van der Waals surface area contributed by atoms with Crippen molar-refractivity contribution in [1.82, 2.24) is 9.97 Å². The number of aromatic nitrogens is 2. The summed E-state index contributed by atoms with van der Waals surface area (Å²) in [7, 11) is 1.54. The summed E-state index contributed by atoms with van der Waals surface area (Å²) in [5.41, 5.74) is 1.58. The minimum atomic E-state index is -0.202. The molecule has 0 atom stereocenters. The minimum Gasteiger partial charge on any atom is -0.481 e. The second-order valence-electron chi connectivity index (χ2n) is 4.40. The largest absolute Gasteiger partial charge is 0.481 e. The topological polar surface area (TPSA) is 64.1 Å². The van der Waals surface area contributed by atoms with Crippen molar-refractivity contribution in [3.05, 3.63) is 35.0 Å². The maximum Gasteiger partial charge on any atom is 0.259 e. The van der Waals surface area contributed by atoms with E-state index in [0.717, 1.165) is 5.69 Å². The Labute approximate surface area is 114 Å². The van der Waals surface area contributed by atoms with E-state index in [1.54, 1.807) is 12.1 Å². The Morgan fingerprint density at radius 1 is 1.47 bits per heavy atom. The van der Waals surface area contributed by atoms with Gasteiger partial charge in [-0.05, 0) is 18.9 Å². The third kappa shape index (κ3) is 2.73. The van der Waals surface area contributed by atoms with Crippen molar-refractivity contribution in [1.29, 1.82) is 0 Å². The van der Waals surface area contributed by atoms with E-state index in [2.05, 4.69) is 15.3 Å². The molecule has 1 N–H and O–H groups in total. The van der Waals surface area contributed by atoms with Gasteiger partial charge in [-0.1, -0.05) is 0 Å².